The first-order valence-electron chi connectivity index (χ1n) is 4.09. The molecular weight excluding hydrogens is 186 g/mol. The fourth-order valence-corrected chi connectivity index (χ4v) is 1.34. The number of carboxylic acid groups (broad SMARTS) is 1. The van der Waals surface area contributed by atoms with E-state index in [9.17, 15) is 14.4 Å². The average molecular weight is 195 g/mol. The second-order valence-corrected chi connectivity index (χ2v) is 2.92. The maximum atomic E-state index is 11.2. The molecule has 0 unspecified atom stereocenters. The SMILES string of the molecule is C#CC[C@@H](C(=O)O)N1C(=O)CCC1=O. The highest BCUT2D eigenvalue weighted by molar-refractivity contribution is 6.04. The van der Waals surface area contributed by atoms with Gasteiger partial charge in [0.2, 0.25) is 11.8 Å². The van der Waals surface area contributed by atoms with E-state index >= 15 is 0 Å². The quantitative estimate of drug-likeness (QED) is 0.491. The first-order chi connectivity index (χ1) is 6.57. The zero-order valence-electron chi connectivity index (χ0n) is 7.40. The van der Waals surface area contributed by atoms with Crippen LogP contribution in [0.25, 0.3) is 0 Å². The fourth-order valence-electron chi connectivity index (χ4n) is 1.34. The second-order valence-electron chi connectivity index (χ2n) is 2.92. The third kappa shape index (κ3) is 1.74. The van der Waals surface area contributed by atoms with Crippen molar-refractivity contribution in [1.82, 2.24) is 4.90 Å². The number of amides is 2. The van der Waals surface area contributed by atoms with Gasteiger partial charge in [-0.2, -0.15) is 0 Å². The Morgan fingerprint density at radius 1 is 1.50 bits per heavy atom. The van der Waals surface area contributed by atoms with E-state index in [1.54, 1.807) is 0 Å². The second kappa shape index (κ2) is 3.92. The van der Waals surface area contributed by atoms with Crippen molar-refractivity contribution in [2.45, 2.75) is 25.3 Å². The Hall–Kier alpha value is -1.83. The molecule has 1 fully saturated rings. The molecule has 1 aliphatic rings. The van der Waals surface area contributed by atoms with Gasteiger partial charge in [-0.3, -0.25) is 14.5 Å². The molecule has 5 nitrogen and oxygen atoms in total. The first kappa shape index (κ1) is 10.3. The Morgan fingerprint density at radius 3 is 2.36 bits per heavy atom. The molecule has 1 heterocycles. The number of carboxylic acids is 1. The number of terminal acetylenes is 1. The van der Waals surface area contributed by atoms with Crippen molar-refractivity contribution in [3.05, 3.63) is 0 Å². The molecule has 1 N–H and O–H groups in total. The summed E-state index contributed by atoms with van der Waals surface area (Å²) in [5.74, 6) is -0.0248. The zero-order valence-corrected chi connectivity index (χ0v) is 7.40. The maximum Gasteiger partial charge on any atom is 0.327 e. The molecule has 74 valence electrons. The number of aliphatic carboxylic acids is 1. The lowest BCUT2D eigenvalue weighted by Crippen LogP contribution is -2.44. The van der Waals surface area contributed by atoms with Crippen LogP contribution < -0.4 is 0 Å². The number of imide groups is 1. The molecule has 1 aliphatic heterocycles. The van der Waals surface area contributed by atoms with Gasteiger partial charge >= 0.3 is 5.97 Å². The highest BCUT2D eigenvalue weighted by atomic mass is 16.4. The highest BCUT2D eigenvalue weighted by Crippen LogP contribution is 2.17. The van der Waals surface area contributed by atoms with Crippen LogP contribution in [0.1, 0.15) is 19.3 Å². The summed E-state index contributed by atoms with van der Waals surface area (Å²) in [7, 11) is 0. The molecule has 5 heteroatoms. The Kier molecular flexibility index (Phi) is 2.87. The van der Waals surface area contributed by atoms with Gasteiger partial charge in [0.25, 0.3) is 0 Å². The summed E-state index contributed by atoms with van der Waals surface area (Å²) in [4.78, 5) is 33.8. The van der Waals surface area contributed by atoms with Crippen LogP contribution in [0.4, 0.5) is 0 Å². The van der Waals surface area contributed by atoms with Crippen LogP contribution in [-0.2, 0) is 14.4 Å². The molecule has 0 saturated carbocycles. The van der Waals surface area contributed by atoms with Crippen molar-refractivity contribution >= 4 is 17.8 Å². The maximum absolute atomic E-state index is 11.2. The number of hydrogen-bond donors (Lipinski definition) is 1. The van der Waals surface area contributed by atoms with Crippen molar-refractivity contribution in [2.24, 2.45) is 0 Å². The lowest BCUT2D eigenvalue weighted by atomic mass is 10.2. The zero-order chi connectivity index (χ0) is 10.7. The Labute approximate surface area is 80.7 Å². The monoisotopic (exact) mass is 195 g/mol. The van der Waals surface area contributed by atoms with E-state index < -0.39 is 23.8 Å². The van der Waals surface area contributed by atoms with Crippen LogP contribution in [-0.4, -0.2) is 33.8 Å². The highest BCUT2D eigenvalue weighted by Gasteiger charge is 2.38. The minimum Gasteiger partial charge on any atom is -0.480 e. The number of carbonyl (C=O) groups is 3. The van der Waals surface area contributed by atoms with E-state index in [1.807, 2.05) is 0 Å². The van der Waals surface area contributed by atoms with Gasteiger partial charge in [-0.1, -0.05) is 0 Å². The number of nitrogens with zero attached hydrogens (tertiary/aromatic N) is 1. The number of carbonyl (C=O) groups excluding carboxylic acids is 2. The lowest BCUT2D eigenvalue weighted by Gasteiger charge is -2.20. The van der Waals surface area contributed by atoms with Crippen molar-refractivity contribution in [3.63, 3.8) is 0 Å². The minimum atomic E-state index is -1.24. The van der Waals surface area contributed by atoms with Crippen LogP contribution in [0.2, 0.25) is 0 Å². The molecule has 0 spiro atoms. The van der Waals surface area contributed by atoms with E-state index in [1.165, 1.54) is 0 Å². The lowest BCUT2D eigenvalue weighted by molar-refractivity contribution is -0.153. The molecule has 1 rings (SSSR count). The molecule has 0 bridgehead atoms. The summed E-state index contributed by atoms with van der Waals surface area (Å²) in [6, 6.07) is -1.21. The van der Waals surface area contributed by atoms with Crippen molar-refractivity contribution < 1.29 is 19.5 Å². The molecule has 0 aromatic carbocycles. The van der Waals surface area contributed by atoms with Gasteiger partial charge in [0, 0.05) is 19.3 Å². The summed E-state index contributed by atoms with van der Waals surface area (Å²) in [5.41, 5.74) is 0. The smallest absolute Gasteiger partial charge is 0.327 e. The predicted molar refractivity (Wildman–Crippen MR) is 46.0 cm³/mol. The average Bonchev–Trinajstić information content (AvgIpc) is 2.43. The topological polar surface area (TPSA) is 74.7 Å². The Balaban J connectivity index is 2.87. The third-order valence-corrected chi connectivity index (χ3v) is 2.00. The Bertz CT molecular complexity index is 312. The molecule has 0 aromatic heterocycles. The number of hydrogen-bond acceptors (Lipinski definition) is 3. The summed E-state index contributed by atoms with van der Waals surface area (Å²) >= 11 is 0. The molecule has 0 aromatic rings. The fraction of sp³-hybridized carbons (Fsp3) is 0.444. The van der Waals surface area contributed by atoms with Crippen LogP contribution in [0.3, 0.4) is 0 Å². The van der Waals surface area contributed by atoms with Gasteiger partial charge in [0.15, 0.2) is 0 Å². The number of likely N-dealkylation sites (tertiary alicyclic amines) is 1. The molecule has 1 atom stereocenters. The minimum absolute atomic E-state index is 0.0766. The standard InChI is InChI=1S/C9H9NO4/c1-2-3-6(9(13)14)10-7(11)4-5-8(10)12/h1,6H,3-5H2,(H,13,14)/t6-/m0/s1. The van der Waals surface area contributed by atoms with Crippen molar-refractivity contribution in [1.29, 1.82) is 0 Å². The molecule has 0 aliphatic carbocycles. The normalized spacial score (nSPS) is 18.1. The Morgan fingerprint density at radius 2 is 2.00 bits per heavy atom. The first-order valence-corrected chi connectivity index (χ1v) is 4.09. The van der Waals surface area contributed by atoms with E-state index in [2.05, 4.69) is 5.92 Å². The van der Waals surface area contributed by atoms with E-state index in [0.29, 0.717) is 0 Å². The molecule has 2 amide bonds. The third-order valence-electron chi connectivity index (χ3n) is 2.00. The van der Waals surface area contributed by atoms with Gasteiger partial charge in [-0.15, -0.1) is 12.3 Å². The van der Waals surface area contributed by atoms with Crippen LogP contribution in [0.15, 0.2) is 0 Å². The molecular formula is C9H9NO4. The van der Waals surface area contributed by atoms with Crippen molar-refractivity contribution in [3.8, 4) is 12.3 Å². The number of rotatable bonds is 3. The van der Waals surface area contributed by atoms with Gasteiger partial charge in [0.1, 0.15) is 6.04 Å². The molecule has 0 radical (unpaired) electrons. The van der Waals surface area contributed by atoms with Crippen LogP contribution in [0, 0.1) is 12.3 Å². The summed E-state index contributed by atoms with van der Waals surface area (Å²) in [6.45, 7) is 0. The van der Waals surface area contributed by atoms with E-state index in [0.717, 1.165) is 4.90 Å². The summed E-state index contributed by atoms with van der Waals surface area (Å²) in [6.07, 6.45) is 4.97. The van der Waals surface area contributed by atoms with Gasteiger partial charge in [0.05, 0.1) is 0 Å². The predicted octanol–water partition coefficient (Wildman–Crippen LogP) is -0.388. The van der Waals surface area contributed by atoms with Crippen molar-refractivity contribution in [2.75, 3.05) is 0 Å². The van der Waals surface area contributed by atoms with Gasteiger partial charge in [-0.25, -0.2) is 4.79 Å². The van der Waals surface area contributed by atoms with Crippen LogP contribution in [0.5, 0.6) is 0 Å². The van der Waals surface area contributed by atoms with Gasteiger partial charge < -0.3 is 5.11 Å². The summed E-state index contributed by atoms with van der Waals surface area (Å²) in [5, 5.41) is 8.76. The largest absolute Gasteiger partial charge is 0.480 e. The molecule has 14 heavy (non-hydrogen) atoms. The van der Waals surface area contributed by atoms with Gasteiger partial charge in [-0.05, 0) is 0 Å². The van der Waals surface area contributed by atoms with E-state index in [-0.39, 0.29) is 19.3 Å². The van der Waals surface area contributed by atoms with Crippen LogP contribution >= 0.6 is 0 Å². The molecule has 1 saturated heterocycles. The van der Waals surface area contributed by atoms with E-state index in [4.69, 9.17) is 11.5 Å². The summed E-state index contributed by atoms with van der Waals surface area (Å²) < 4.78 is 0.